The molecule has 1 N–H and O–H groups in total. The molecule has 1 aliphatic rings. The zero-order chi connectivity index (χ0) is 14.6. The first-order valence-electron chi connectivity index (χ1n) is 7.61. The molecule has 1 atom stereocenters. The average Bonchev–Trinajstić information content (AvgIpc) is 2.46. The Labute approximate surface area is 122 Å². The standard InChI is InChI=1S/C17H26N2O/c1-14-9-7-8-12-19(14)16(20)18-13-17(2,3)15-10-5-4-6-11-15/h4-6,10-11,14H,7-9,12-13H2,1-3H3,(H,18,20). The second-order valence-corrected chi connectivity index (χ2v) is 6.45. The van der Waals surface area contributed by atoms with Gasteiger partial charge in [-0.2, -0.15) is 0 Å². The molecule has 1 aliphatic heterocycles. The number of carbonyl (C=O) groups is 1. The molecule has 0 bridgehead atoms. The first-order valence-corrected chi connectivity index (χ1v) is 7.61. The highest BCUT2D eigenvalue weighted by molar-refractivity contribution is 5.74. The summed E-state index contributed by atoms with van der Waals surface area (Å²) < 4.78 is 0. The van der Waals surface area contributed by atoms with Gasteiger partial charge in [-0.05, 0) is 31.7 Å². The van der Waals surface area contributed by atoms with E-state index in [9.17, 15) is 4.79 Å². The van der Waals surface area contributed by atoms with Crippen molar-refractivity contribution < 1.29 is 4.79 Å². The van der Waals surface area contributed by atoms with E-state index in [-0.39, 0.29) is 11.4 Å². The van der Waals surface area contributed by atoms with Crippen molar-refractivity contribution >= 4 is 6.03 Å². The molecule has 0 aromatic heterocycles. The van der Waals surface area contributed by atoms with E-state index in [0.717, 1.165) is 19.4 Å². The van der Waals surface area contributed by atoms with E-state index < -0.39 is 0 Å². The largest absolute Gasteiger partial charge is 0.337 e. The lowest BCUT2D eigenvalue weighted by molar-refractivity contribution is 0.156. The third kappa shape index (κ3) is 3.53. The second kappa shape index (κ2) is 6.29. The van der Waals surface area contributed by atoms with Gasteiger partial charge in [0.1, 0.15) is 0 Å². The second-order valence-electron chi connectivity index (χ2n) is 6.45. The highest BCUT2D eigenvalue weighted by atomic mass is 16.2. The van der Waals surface area contributed by atoms with Crippen LogP contribution in [0.1, 0.15) is 45.6 Å². The molecule has 2 amide bonds. The Bertz CT molecular complexity index is 442. The summed E-state index contributed by atoms with van der Waals surface area (Å²) in [5.41, 5.74) is 1.21. The van der Waals surface area contributed by atoms with Gasteiger partial charge in [0.2, 0.25) is 0 Å². The molecular formula is C17H26N2O. The molecule has 1 fully saturated rings. The normalized spacial score (nSPS) is 19.8. The van der Waals surface area contributed by atoms with Crippen molar-refractivity contribution in [2.24, 2.45) is 0 Å². The third-order valence-electron chi connectivity index (χ3n) is 4.30. The van der Waals surface area contributed by atoms with Gasteiger partial charge in [-0.25, -0.2) is 4.79 Å². The zero-order valence-corrected chi connectivity index (χ0v) is 12.9. The number of urea groups is 1. The van der Waals surface area contributed by atoms with Gasteiger partial charge in [-0.1, -0.05) is 44.2 Å². The smallest absolute Gasteiger partial charge is 0.317 e. The van der Waals surface area contributed by atoms with Crippen LogP contribution in [-0.4, -0.2) is 30.1 Å². The van der Waals surface area contributed by atoms with E-state index in [1.807, 2.05) is 23.1 Å². The van der Waals surface area contributed by atoms with Gasteiger partial charge in [0.05, 0.1) is 0 Å². The van der Waals surface area contributed by atoms with Gasteiger partial charge in [0.25, 0.3) is 0 Å². The van der Waals surface area contributed by atoms with E-state index in [4.69, 9.17) is 0 Å². The molecule has 1 saturated heterocycles. The summed E-state index contributed by atoms with van der Waals surface area (Å²) in [4.78, 5) is 14.3. The summed E-state index contributed by atoms with van der Waals surface area (Å²) >= 11 is 0. The molecule has 0 saturated carbocycles. The summed E-state index contributed by atoms with van der Waals surface area (Å²) in [6, 6.07) is 10.8. The van der Waals surface area contributed by atoms with Crippen LogP contribution in [0.15, 0.2) is 30.3 Å². The molecule has 0 aliphatic carbocycles. The molecule has 2 rings (SSSR count). The van der Waals surface area contributed by atoms with Crippen LogP contribution in [0, 0.1) is 0 Å². The maximum Gasteiger partial charge on any atom is 0.317 e. The minimum Gasteiger partial charge on any atom is -0.337 e. The molecule has 110 valence electrons. The Morgan fingerprint density at radius 2 is 2.00 bits per heavy atom. The minimum absolute atomic E-state index is 0.0457. The van der Waals surface area contributed by atoms with Crippen molar-refractivity contribution in [2.45, 2.75) is 51.5 Å². The quantitative estimate of drug-likeness (QED) is 0.898. The van der Waals surface area contributed by atoms with Crippen LogP contribution >= 0.6 is 0 Å². The fraction of sp³-hybridized carbons (Fsp3) is 0.588. The van der Waals surface area contributed by atoms with Crippen molar-refractivity contribution in [2.75, 3.05) is 13.1 Å². The number of rotatable bonds is 3. The van der Waals surface area contributed by atoms with E-state index >= 15 is 0 Å². The first kappa shape index (κ1) is 14.9. The van der Waals surface area contributed by atoms with Crippen molar-refractivity contribution in [3.8, 4) is 0 Å². The number of nitrogens with zero attached hydrogens (tertiary/aromatic N) is 1. The van der Waals surface area contributed by atoms with Crippen LogP contribution in [0.25, 0.3) is 0 Å². The summed E-state index contributed by atoms with van der Waals surface area (Å²) in [6.07, 6.45) is 3.48. The maximum atomic E-state index is 12.3. The first-order chi connectivity index (χ1) is 9.50. The molecule has 0 spiro atoms. The zero-order valence-electron chi connectivity index (χ0n) is 12.9. The molecule has 1 heterocycles. The number of carbonyl (C=O) groups excluding carboxylic acids is 1. The Morgan fingerprint density at radius 1 is 1.30 bits per heavy atom. The summed E-state index contributed by atoms with van der Waals surface area (Å²) in [5.74, 6) is 0. The number of hydrogen-bond acceptors (Lipinski definition) is 1. The van der Waals surface area contributed by atoms with Crippen molar-refractivity contribution in [3.05, 3.63) is 35.9 Å². The summed E-state index contributed by atoms with van der Waals surface area (Å²) in [6.45, 7) is 8.03. The number of likely N-dealkylation sites (tertiary alicyclic amines) is 1. The lowest BCUT2D eigenvalue weighted by Gasteiger charge is -2.35. The van der Waals surface area contributed by atoms with E-state index in [1.165, 1.54) is 12.0 Å². The molecule has 1 unspecified atom stereocenters. The Hall–Kier alpha value is -1.51. The van der Waals surface area contributed by atoms with Crippen LogP contribution < -0.4 is 5.32 Å². The number of hydrogen-bond donors (Lipinski definition) is 1. The molecule has 1 aromatic carbocycles. The van der Waals surface area contributed by atoms with Crippen LogP contribution in [0.4, 0.5) is 4.79 Å². The average molecular weight is 274 g/mol. The molecule has 1 aromatic rings. The Kier molecular flexibility index (Phi) is 4.69. The van der Waals surface area contributed by atoms with Gasteiger partial charge in [0.15, 0.2) is 0 Å². The van der Waals surface area contributed by atoms with Crippen molar-refractivity contribution in [1.82, 2.24) is 10.2 Å². The fourth-order valence-electron chi connectivity index (χ4n) is 2.79. The van der Waals surface area contributed by atoms with Gasteiger partial charge in [-0.15, -0.1) is 0 Å². The maximum absolute atomic E-state index is 12.3. The lowest BCUT2D eigenvalue weighted by Crippen LogP contribution is -2.49. The Balaban J connectivity index is 1.92. The SMILES string of the molecule is CC1CCCCN1C(=O)NCC(C)(C)c1ccccc1. The number of amides is 2. The van der Waals surface area contributed by atoms with E-state index in [1.54, 1.807) is 0 Å². The lowest BCUT2D eigenvalue weighted by atomic mass is 9.85. The third-order valence-corrected chi connectivity index (χ3v) is 4.30. The van der Waals surface area contributed by atoms with Crippen LogP contribution in [0.2, 0.25) is 0 Å². The topological polar surface area (TPSA) is 32.3 Å². The minimum atomic E-state index is -0.0457. The van der Waals surface area contributed by atoms with E-state index in [2.05, 4.69) is 38.2 Å². The summed E-state index contributed by atoms with van der Waals surface area (Å²) in [5, 5.41) is 3.11. The van der Waals surface area contributed by atoms with Crippen LogP contribution in [-0.2, 0) is 5.41 Å². The molecule has 0 radical (unpaired) electrons. The molecular weight excluding hydrogens is 248 g/mol. The number of piperidine rings is 1. The Morgan fingerprint density at radius 3 is 2.65 bits per heavy atom. The van der Waals surface area contributed by atoms with Crippen LogP contribution in [0.3, 0.4) is 0 Å². The van der Waals surface area contributed by atoms with Gasteiger partial charge in [-0.3, -0.25) is 0 Å². The van der Waals surface area contributed by atoms with Gasteiger partial charge in [0, 0.05) is 24.5 Å². The monoisotopic (exact) mass is 274 g/mol. The molecule has 3 heteroatoms. The highest BCUT2D eigenvalue weighted by Crippen LogP contribution is 2.22. The molecule has 20 heavy (non-hydrogen) atoms. The number of benzene rings is 1. The predicted molar refractivity (Wildman–Crippen MR) is 82.9 cm³/mol. The highest BCUT2D eigenvalue weighted by Gasteiger charge is 2.26. The van der Waals surface area contributed by atoms with Gasteiger partial charge >= 0.3 is 6.03 Å². The predicted octanol–water partition coefficient (Wildman–Crippen LogP) is 3.55. The molecule has 3 nitrogen and oxygen atoms in total. The van der Waals surface area contributed by atoms with E-state index in [0.29, 0.717) is 12.6 Å². The van der Waals surface area contributed by atoms with Crippen LogP contribution in [0.5, 0.6) is 0 Å². The van der Waals surface area contributed by atoms with Crippen molar-refractivity contribution in [3.63, 3.8) is 0 Å². The van der Waals surface area contributed by atoms with Gasteiger partial charge < -0.3 is 10.2 Å². The van der Waals surface area contributed by atoms with Crippen molar-refractivity contribution in [1.29, 1.82) is 0 Å². The number of nitrogens with one attached hydrogen (secondary N) is 1. The summed E-state index contributed by atoms with van der Waals surface area (Å²) in [7, 11) is 0. The fourth-order valence-corrected chi connectivity index (χ4v) is 2.79.